The van der Waals surface area contributed by atoms with E-state index in [1.807, 2.05) is 11.0 Å². The van der Waals surface area contributed by atoms with Gasteiger partial charge >= 0.3 is 6.01 Å². The molecule has 4 aromatic rings. The normalized spacial score (nSPS) is 26.6. The van der Waals surface area contributed by atoms with Crippen LogP contribution >= 0.6 is 22.9 Å². The van der Waals surface area contributed by atoms with Crippen molar-refractivity contribution in [3.63, 3.8) is 0 Å². The molecule has 1 aliphatic carbocycles. The smallest absolute Gasteiger partial charge is 0.319 e. The molecule has 1 saturated carbocycles. The van der Waals surface area contributed by atoms with E-state index in [2.05, 4.69) is 9.97 Å². The maximum absolute atomic E-state index is 17.2. The molecule has 3 atom stereocenters. The molecule has 2 N–H and O–H groups in total. The van der Waals surface area contributed by atoms with Crippen LogP contribution in [0, 0.1) is 34.3 Å². The zero-order valence-electron chi connectivity index (χ0n) is 29.1. The molecule has 6 heterocycles. The lowest BCUT2D eigenvalue weighted by Gasteiger charge is -2.51. The first-order chi connectivity index (χ1) is 26.0. The SMILES string of the molecule is N#Cc1c(N)sc2c(F)ccc(-c3c(Cl)cc4c(N5CC(F)(F)CCC6(CN(C(=O)[C@@H]7CC7(F)F)C6)C5)nc(OC[C@@]56CCCN5C[C@H](F)C6)nc4c3F)c12. The Kier molecular flexibility index (Phi) is 8.25. The minimum Gasteiger partial charge on any atom is -0.461 e. The molecule has 0 bridgehead atoms. The second kappa shape index (κ2) is 12.4. The number of alkyl halides is 5. The van der Waals surface area contributed by atoms with E-state index in [-0.39, 0.29) is 105 Å². The number of fused-ring (bicyclic) bond motifs is 3. The Morgan fingerprint density at radius 3 is 2.58 bits per heavy atom. The Morgan fingerprint density at radius 1 is 1.09 bits per heavy atom. The Bertz CT molecular complexity index is 2330. The lowest BCUT2D eigenvalue weighted by Crippen LogP contribution is -2.62. The number of benzene rings is 2. The maximum atomic E-state index is 17.2. The Hall–Kier alpha value is -4.14. The van der Waals surface area contributed by atoms with Crippen molar-refractivity contribution in [3.8, 4) is 23.2 Å². The first kappa shape index (κ1) is 36.5. The van der Waals surface area contributed by atoms with Crippen LogP contribution in [0.5, 0.6) is 6.01 Å². The van der Waals surface area contributed by atoms with E-state index in [4.69, 9.17) is 22.1 Å². The molecule has 0 radical (unpaired) electrons. The van der Waals surface area contributed by atoms with E-state index in [0.717, 1.165) is 23.8 Å². The highest BCUT2D eigenvalue weighted by molar-refractivity contribution is 7.23. The van der Waals surface area contributed by atoms with E-state index in [1.54, 1.807) is 0 Å². The largest absolute Gasteiger partial charge is 0.461 e. The van der Waals surface area contributed by atoms with E-state index < -0.39 is 71.8 Å². The van der Waals surface area contributed by atoms with Gasteiger partial charge in [-0.15, -0.1) is 11.3 Å². The van der Waals surface area contributed by atoms with Gasteiger partial charge in [-0.3, -0.25) is 9.69 Å². The number of hydrogen-bond donors (Lipinski definition) is 1. The fourth-order valence-corrected chi connectivity index (χ4v) is 10.5. The summed E-state index contributed by atoms with van der Waals surface area (Å²) >= 11 is 7.63. The predicted molar refractivity (Wildman–Crippen MR) is 191 cm³/mol. The van der Waals surface area contributed by atoms with Gasteiger partial charge in [0.05, 0.1) is 27.4 Å². The molecule has 1 amide bonds. The lowest BCUT2D eigenvalue weighted by molar-refractivity contribution is -0.147. The van der Waals surface area contributed by atoms with Crippen molar-refractivity contribution >= 4 is 60.7 Å². The molecule has 2 aromatic heterocycles. The summed E-state index contributed by atoms with van der Waals surface area (Å²) in [5.41, 5.74) is 3.84. The van der Waals surface area contributed by atoms with Gasteiger partial charge in [0.2, 0.25) is 5.91 Å². The van der Waals surface area contributed by atoms with Crippen LogP contribution in [0.2, 0.25) is 5.02 Å². The van der Waals surface area contributed by atoms with Gasteiger partial charge in [0.15, 0.2) is 5.82 Å². The summed E-state index contributed by atoms with van der Waals surface area (Å²) in [4.78, 5) is 26.3. The molecule has 4 saturated heterocycles. The number of nitriles is 1. The highest BCUT2D eigenvalue weighted by Gasteiger charge is 2.64. The van der Waals surface area contributed by atoms with Gasteiger partial charge in [0.25, 0.3) is 11.8 Å². The number of halogens is 8. The second-order valence-corrected chi connectivity index (χ2v) is 17.3. The molecule has 18 heteroatoms. The lowest BCUT2D eigenvalue weighted by atomic mass is 9.75. The van der Waals surface area contributed by atoms with Crippen LogP contribution in [-0.4, -0.2) is 95.1 Å². The number of anilines is 2. The molecule has 4 aliphatic heterocycles. The maximum Gasteiger partial charge on any atom is 0.319 e. The molecule has 55 heavy (non-hydrogen) atoms. The molecule has 9 nitrogen and oxygen atoms in total. The molecule has 0 unspecified atom stereocenters. The summed E-state index contributed by atoms with van der Waals surface area (Å²) in [6.45, 7) is -0.139. The van der Waals surface area contributed by atoms with Crippen molar-refractivity contribution in [2.75, 3.05) is 56.5 Å². The summed E-state index contributed by atoms with van der Waals surface area (Å²) < 4.78 is 112. The van der Waals surface area contributed by atoms with Crippen molar-refractivity contribution in [2.45, 2.75) is 62.1 Å². The van der Waals surface area contributed by atoms with Crippen LogP contribution in [0.1, 0.15) is 44.1 Å². The topological polar surface area (TPSA) is 112 Å². The van der Waals surface area contributed by atoms with Crippen molar-refractivity contribution in [1.29, 1.82) is 5.26 Å². The van der Waals surface area contributed by atoms with Crippen LogP contribution in [0.3, 0.4) is 0 Å². The molecule has 5 aliphatic rings. The Labute approximate surface area is 318 Å². The number of nitrogens with two attached hydrogens (primary N) is 1. The monoisotopic (exact) mass is 807 g/mol. The van der Waals surface area contributed by atoms with Gasteiger partial charge in [-0.05, 0) is 43.5 Å². The number of thiophene rings is 1. The van der Waals surface area contributed by atoms with Gasteiger partial charge in [0.1, 0.15) is 46.9 Å². The Balaban J connectivity index is 1.16. The Morgan fingerprint density at radius 2 is 1.85 bits per heavy atom. The number of rotatable bonds is 6. The average Bonchev–Trinajstić information content (AvgIpc) is 3.31. The van der Waals surface area contributed by atoms with Crippen molar-refractivity contribution in [2.24, 2.45) is 11.3 Å². The number of nitrogens with zero attached hydrogens (tertiary/aromatic N) is 6. The van der Waals surface area contributed by atoms with Crippen molar-refractivity contribution in [3.05, 3.63) is 40.4 Å². The number of likely N-dealkylation sites (tertiary alicyclic amines) is 1. The average molecular weight is 808 g/mol. The van der Waals surface area contributed by atoms with Gasteiger partial charge in [-0.1, -0.05) is 17.7 Å². The predicted octanol–water partition coefficient (Wildman–Crippen LogP) is 7.57. The van der Waals surface area contributed by atoms with Crippen LogP contribution in [0.4, 0.5) is 41.6 Å². The van der Waals surface area contributed by atoms with E-state index >= 15 is 13.2 Å². The highest BCUT2D eigenvalue weighted by Crippen LogP contribution is 2.53. The number of hydrogen-bond acceptors (Lipinski definition) is 9. The van der Waals surface area contributed by atoms with Gasteiger partial charge in [0, 0.05) is 67.2 Å². The molecule has 290 valence electrons. The first-order valence-corrected chi connectivity index (χ1v) is 19.1. The third-order valence-electron chi connectivity index (χ3n) is 12.0. The van der Waals surface area contributed by atoms with Crippen LogP contribution in [0.25, 0.3) is 32.1 Å². The fourth-order valence-electron chi connectivity index (χ4n) is 9.24. The minimum absolute atomic E-state index is 0.00754. The van der Waals surface area contributed by atoms with E-state index in [1.165, 1.54) is 21.9 Å². The summed E-state index contributed by atoms with van der Waals surface area (Å²) in [5, 5.41) is 9.69. The number of nitrogen functional groups attached to an aromatic ring is 1. The van der Waals surface area contributed by atoms with Crippen molar-refractivity contribution < 1.29 is 40.3 Å². The number of ether oxygens (including phenoxy) is 1. The van der Waals surface area contributed by atoms with Gasteiger partial charge < -0.3 is 20.3 Å². The molecular weight excluding hydrogens is 775 g/mol. The third-order valence-corrected chi connectivity index (χ3v) is 13.4. The van der Waals surface area contributed by atoms with E-state index in [9.17, 15) is 27.6 Å². The number of aromatic nitrogens is 2. The fraction of sp³-hybridized carbons (Fsp3) is 0.514. The number of carbonyl (C=O) groups excluding carboxylic acids is 1. The molecule has 1 spiro atoms. The van der Waals surface area contributed by atoms with Crippen LogP contribution in [0.15, 0.2) is 18.2 Å². The number of carbonyl (C=O) groups is 1. The zero-order chi connectivity index (χ0) is 38.8. The first-order valence-electron chi connectivity index (χ1n) is 17.9. The molecular formula is C37H33ClF7N7O2S. The van der Waals surface area contributed by atoms with Crippen molar-refractivity contribution in [1.82, 2.24) is 19.8 Å². The summed E-state index contributed by atoms with van der Waals surface area (Å²) in [7, 11) is 0. The summed E-state index contributed by atoms with van der Waals surface area (Å²) in [5.74, 6) is -10.3. The third kappa shape index (κ3) is 5.92. The molecule has 2 aromatic carbocycles. The minimum atomic E-state index is -3.27. The number of amides is 1. The molecule has 5 fully saturated rings. The van der Waals surface area contributed by atoms with Gasteiger partial charge in [-0.2, -0.15) is 15.2 Å². The van der Waals surface area contributed by atoms with Crippen LogP contribution < -0.4 is 15.4 Å². The highest BCUT2D eigenvalue weighted by atomic mass is 35.5. The zero-order valence-corrected chi connectivity index (χ0v) is 30.7. The summed E-state index contributed by atoms with van der Waals surface area (Å²) in [6, 6.07) is 5.27. The summed E-state index contributed by atoms with van der Waals surface area (Å²) in [6.07, 6.45) is -0.538. The van der Waals surface area contributed by atoms with E-state index in [0.29, 0.717) is 13.0 Å². The molecule has 9 rings (SSSR count). The van der Waals surface area contributed by atoms with Crippen LogP contribution in [-0.2, 0) is 4.79 Å². The quantitative estimate of drug-likeness (QED) is 0.199. The standard InChI is InChI=1S/C37H33ClF7N7O2S/c38-23-8-20-28(27(41)26(23)19-2-3-24(40)29-25(19)21(11-46)30(47)55-29)48-33(54-17-35-4-1-7-52(35)12-18(39)9-35)49-31(20)50-13-34(5-6-36(42,43)16-50)14-51(15-34)32(53)22-10-37(22,44)45/h2-3,8,18,22H,1,4-7,9-10,12-17,47H2/t18-,22+,35+/m1/s1. The second-order valence-electron chi connectivity index (χ2n) is 15.8. The van der Waals surface area contributed by atoms with Gasteiger partial charge in [-0.25, -0.2) is 30.7 Å².